The predicted octanol–water partition coefficient (Wildman–Crippen LogP) is 1.56. The van der Waals surface area contributed by atoms with E-state index in [1.54, 1.807) is 0 Å². The van der Waals surface area contributed by atoms with Crippen molar-refractivity contribution in [3.8, 4) is 5.75 Å². The van der Waals surface area contributed by atoms with Crippen LogP contribution in [0.5, 0.6) is 5.75 Å². The Morgan fingerprint density at radius 3 is 2.29 bits per heavy atom. The zero-order valence-electron chi connectivity index (χ0n) is 8.80. The Kier molecular flexibility index (Phi) is 3.36. The van der Waals surface area contributed by atoms with Gasteiger partial charge < -0.3 is 16.6 Å². The van der Waals surface area contributed by atoms with E-state index in [9.17, 15) is 5.11 Å². The Labute approximate surface area is 84.7 Å². The van der Waals surface area contributed by atoms with Gasteiger partial charge >= 0.3 is 0 Å². The second kappa shape index (κ2) is 4.33. The van der Waals surface area contributed by atoms with Crippen LogP contribution in [0, 0.1) is 0 Å². The summed E-state index contributed by atoms with van der Waals surface area (Å²) in [6.07, 6.45) is 1.57. The third kappa shape index (κ3) is 1.68. The molecule has 1 aromatic rings. The summed E-state index contributed by atoms with van der Waals surface area (Å²) in [6.45, 7) is 4.34. The lowest BCUT2D eigenvalue weighted by Gasteiger charge is -2.14. The lowest BCUT2D eigenvalue weighted by molar-refractivity contribution is 0.461. The summed E-state index contributed by atoms with van der Waals surface area (Å²) >= 11 is 0. The summed E-state index contributed by atoms with van der Waals surface area (Å²) in [5, 5.41) is 9.89. The normalized spacial score (nSPS) is 10.5. The highest BCUT2D eigenvalue weighted by atomic mass is 16.3. The number of hydrogen-bond donors (Lipinski definition) is 3. The average molecular weight is 194 g/mol. The van der Waals surface area contributed by atoms with Gasteiger partial charge in [-0.25, -0.2) is 0 Å². The molecule has 3 nitrogen and oxygen atoms in total. The number of hydrogen-bond acceptors (Lipinski definition) is 3. The molecule has 0 saturated carbocycles. The van der Waals surface area contributed by atoms with Gasteiger partial charge in [0.05, 0.1) is 0 Å². The highest BCUT2D eigenvalue weighted by Gasteiger charge is 2.12. The second-order valence-electron chi connectivity index (χ2n) is 3.34. The monoisotopic (exact) mass is 194 g/mol. The van der Waals surface area contributed by atoms with E-state index in [-0.39, 0.29) is 0 Å². The molecular weight excluding hydrogens is 176 g/mol. The van der Waals surface area contributed by atoms with Crippen molar-refractivity contribution in [3.63, 3.8) is 0 Å². The second-order valence-corrected chi connectivity index (χ2v) is 3.34. The smallest absolute Gasteiger partial charge is 0.123 e. The molecular formula is C11H18N2O. The molecule has 0 amide bonds. The van der Waals surface area contributed by atoms with Crippen molar-refractivity contribution in [3.05, 3.63) is 22.8 Å². The Morgan fingerprint density at radius 1 is 1.21 bits per heavy atom. The molecule has 0 bridgehead atoms. The maximum absolute atomic E-state index is 9.89. The van der Waals surface area contributed by atoms with Crippen LogP contribution in [0.1, 0.15) is 30.5 Å². The van der Waals surface area contributed by atoms with Crippen molar-refractivity contribution < 1.29 is 5.11 Å². The van der Waals surface area contributed by atoms with Gasteiger partial charge in [-0.05, 0) is 30.0 Å². The Balaban J connectivity index is 3.40. The number of rotatable bonds is 3. The maximum Gasteiger partial charge on any atom is 0.123 e. The molecule has 0 spiro atoms. The fourth-order valence-electron chi connectivity index (χ4n) is 1.76. The zero-order valence-corrected chi connectivity index (χ0v) is 8.80. The molecule has 1 rings (SSSR count). The number of phenolic OH excluding ortho intramolecular Hbond substituents is 1. The Morgan fingerprint density at radius 2 is 1.86 bits per heavy atom. The molecule has 0 atom stereocenters. The van der Waals surface area contributed by atoms with E-state index < -0.39 is 0 Å². The molecule has 0 saturated heterocycles. The minimum atomic E-state index is 0.320. The van der Waals surface area contributed by atoms with E-state index in [2.05, 4.69) is 0 Å². The topological polar surface area (TPSA) is 72.3 Å². The van der Waals surface area contributed by atoms with Crippen LogP contribution in [0.15, 0.2) is 6.07 Å². The van der Waals surface area contributed by atoms with E-state index >= 15 is 0 Å². The van der Waals surface area contributed by atoms with E-state index in [0.29, 0.717) is 12.3 Å². The summed E-state index contributed by atoms with van der Waals surface area (Å²) in [5.41, 5.74) is 14.9. The van der Waals surface area contributed by atoms with Crippen LogP contribution in [0.2, 0.25) is 0 Å². The van der Waals surface area contributed by atoms with Crippen LogP contribution in [0.3, 0.4) is 0 Å². The van der Waals surface area contributed by atoms with E-state index in [0.717, 1.165) is 35.2 Å². The lowest BCUT2D eigenvalue weighted by Crippen LogP contribution is -2.06. The first-order valence-electron chi connectivity index (χ1n) is 4.97. The molecule has 5 N–H and O–H groups in total. The van der Waals surface area contributed by atoms with Crippen LogP contribution >= 0.6 is 0 Å². The third-order valence-corrected chi connectivity index (χ3v) is 2.57. The van der Waals surface area contributed by atoms with E-state index in [4.69, 9.17) is 11.5 Å². The number of phenols is 1. The number of benzene rings is 1. The van der Waals surface area contributed by atoms with Crippen LogP contribution in [-0.4, -0.2) is 5.11 Å². The Hall–Kier alpha value is -1.22. The van der Waals surface area contributed by atoms with Gasteiger partial charge in [-0.2, -0.15) is 0 Å². The zero-order chi connectivity index (χ0) is 10.7. The summed E-state index contributed by atoms with van der Waals surface area (Å²) in [4.78, 5) is 0. The third-order valence-electron chi connectivity index (χ3n) is 2.57. The highest BCUT2D eigenvalue weighted by molar-refractivity contribution is 5.59. The highest BCUT2D eigenvalue weighted by Crippen LogP contribution is 2.31. The van der Waals surface area contributed by atoms with Gasteiger partial charge in [-0.3, -0.25) is 0 Å². The van der Waals surface area contributed by atoms with Crippen molar-refractivity contribution in [1.29, 1.82) is 0 Å². The average Bonchev–Trinajstić information content (AvgIpc) is 2.20. The summed E-state index contributed by atoms with van der Waals surface area (Å²) in [6, 6.07) is 1.84. The number of anilines is 1. The van der Waals surface area contributed by atoms with E-state index in [1.807, 2.05) is 19.9 Å². The quantitative estimate of drug-likeness (QED) is 0.505. The SMILES string of the molecule is CCc1cc(N)c(CC)c(CN)c1O. The molecule has 0 unspecified atom stereocenters. The predicted molar refractivity (Wildman–Crippen MR) is 59.2 cm³/mol. The maximum atomic E-state index is 9.89. The van der Waals surface area contributed by atoms with Gasteiger partial charge in [-0.15, -0.1) is 0 Å². The molecule has 0 radical (unpaired) electrons. The van der Waals surface area contributed by atoms with Crippen molar-refractivity contribution in [2.24, 2.45) is 5.73 Å². The van der Waals surface area contributed by atoms with Gasteiger partial charge in [0, 0.05) is 17.8 Å². The standard InChI is InChI=1S/C11H18N2O/c1-3-7-5-10(13)8(4-2)9(6-12)11(7)14/h5,14H,3-4,6,12-13H2,1-2H3. The molecule has 78 valence electrons. The van der Waals surface area contributed by atoms with Gasteiger partial charge in [0.25, 0.3) is 0 Å². The summed E-state index contributed by atoms with van der Waals surface area (Å²) in [7, 11) is 0. The molecule has 0 aromatic heterocycles. The van der Waals surface area contributed by atoms with Crippen molar-refractivity contribution in [2.75, 3.05) is 5.73 Å². The van der Waals surface area contributed by atoms with Crippen LogP contribution < -0.4 is 11.5 Å². The first kappa shape index (κ1) is 10.9. The van der Waals surface area contributed by atoms with Crippen LogP contribution in [0.25, 0.3) is 0 Å². The van der Waals surface area contributed by atoms with Gasteiger partial charge in [0.2, 0.25) is 0 Å². The van der Waals surface area contributed by atoms with Crippen molar-refractivity contribution in [2.45, 2.75) is 33.2 Å². The first-order chi connectivity index (χ1) is 6.65. The first-order valence-corrected chi connectivity index (χ1v) is 4.97. The minimum absolute atomic E-state index is 0.320. The lowest BCUT2D eigenvalue weighted by atomic mass is 9.97. The number of nitrogens with two attached hydrogens (primary N) is 2. The van der Waals surface area contributed by atoms with Gasteiger partial charge in [-0.1, -0.05) is 13.8 Å². The van der Waals surface area contributed by atoms with Crippen molar-refractivity contribution >= 4 is 5.69 Å². The number of aryl methyl sites for hydroxylation is 1. The molecule has 3 heteroatoms. The molecule has 0 aliphatic carbocycles. The molecule has 14 heavy (non-hydrogen) atoms. The molecule has 0 aliphatic heterocycles. The minimum Gasteiger partial charge on any atom is -0.507 e. The molecule has 0 aliphatic rings. The van der Waals surface area contributed by atoms with Gasteiger partial charge in [0.1, 0.15) is 5.75 Å². The summed E-state index contributed by atoms with van der Waals surface area (Å²) in [5.74, 6) is 0.320. The van der Waals surface area contributed by atoms with Crippen LogP contribution in [-0.2, 0) is 19.4 Å². The fourth-order valence-corrected chi connectivity index (χ4v) is 1.76. The molecule has 0 fully saturated rings. The Bertz CT molecular complexity index is 335. The molecule has 0 heterocycles. The molecule has 1 aromatic carbocycles. The number of nitrogen functional groups attached to an aromatic ring is 1. The van der Waals surface area contributed by atoms with E-state index in [1.165, 1.54) is 0 Å². The fraction of sp³-hybridized carbons (Fsp3) is 0.455. The number of aromatic hydroxyl groups is 1. The largest absolute Gasteiger partial charge is 0.507 e. The van der Waals surface area contributed by atoms with Crippen LogP contribution in [0.4, 0.5) is 5.69 Å². The van der Waals surface area contributed by atoms with Crippen molar-refractivity contribution in [1.82, 2.24) is 0 Å². The summed E-state index contributed by atoms with van der Waals surface area (Å²) < 4.78 is 0. The van der Waals surface area contributed by atoms with Gasteiger partial charge in [0.15, 0.2) is 0 Å².